The van der Waals surface area contributed by atoms with Crippen LogP contribution in [-0.4, -0.2) is 60.0 Å². The molecule has 0 aliphatic carbocycles. The number of likely N-dealkylation sites (tertiary alicyclic amines) is 1. The highest BCUT2D eigenvalue weighted by Gasteiger charge is 2.33. The Bertz CT molecular complexity index is 1010. The molecule has 2 aliphatic rings. The van der Waals surface area contributed by atoms with Crippen molar-refractivity contribution in [1.29, 1.82) is 0 Å². The van der Waals surface area contributed by atoms with Crippen molar-refractivity contribution in [3.63, 3.8) is 0 Å². The van der Waals surface area contributed by atoms with Crippen molar-refractivity contribution in [2.24, 2.45) is 0 Å². The smallest absolute Gasteiger partial charge is 0.232 e. The Hall–Kier alpha value is -2.87. The molecule has 32 heavy (non-hydrogen) atoms. The molecule has 1 atom stereocenters. The molecule has 3 heterocycles. The highest BCUT2D eigenvalue weighted by molar-refractivity contribution is 6.00. The van der Waals surface area contributed by atoms with Gasteiger partial charge in [-0.2, -0.15) is 0 Å². The second-order valence-corrected chi connectivity index (χ2v) is 8.45. The van der Waals surface area contributed by atoms with Gasteiger partial charge in [0.2, 0.25) is 11.8 Å². The lowest BCUT2D eigenvalue weighted by Crippen LogP contribution is -2.40. The van der Waals surface area contributed by atoms with Crippen LogP contribution < -0.4 is 4.90 Å². The fourth-order valence-corrected chi connectivity index (χ4v) is 4.51. The summed E-state index contributed by atoms with van der Waals surface area (Å²) >= 11 is 0. The van der Waals surface area contributed by atoms with Gasteiger partial charge in [-0.25, -0.2) is 14.4 Å². The molecule has 8 heteroatoms. The van der Waals surface area contributed by atoms with Crippen molar-refractivity contribution in [2.45, 2.75) is 44.9 Å². The summed E-state index contributed by atoms with van der Waals surface area (Å²) in [4.78, 5) is 38.2. The van der Waals surface area contributed by atoms with E-state index >= 15 is 0 Å². The van der Waals surface area contributed by atoms with E-state index in [4.69, 9.17) is 14.7 Å². The lowest BCUT2D eigenvalue weighted by atomic mass is 9.96. The summed E-state index contributed by atoms with van der Waals surface area (Å²) in [5, 5.41) is 0. The molecule has 1 saturated heterocycles. The maximum Gasteiger partial charge on any atom is 0.232 e. The summed E-state index contributed by atoms with van der Waals surface area (Å²) in [6.07, 6.45) is 2.84. The number of aryl methyl sites for hydroxylation is 1. The summed E-state index contributed by atoms with van der Waals surface area (Å²) in [5.74, 6) is 1.12. The van der Waals surface area contributed by atoms with Gasteiger partial charge in [-0.3, -0.25) is 14.5 Å². The first-order chi connectivity index (χ1) is 15.5. The number of benzene rings is 1. The van der Waals surface area contributed by atoms with E-state index < -0.39 is 0 Å². The van der Waals surface area contributed by atoms with E-state index in [9.17, 15) is 14.0 Å². The zero-order chi connectivity index (χ0) is 22.7. The van der Waals surface area contributed by atoms with E-state index in [-0.39, 0.29) is 30.0 Å². The first kappa shape index (κ1) is 22.3. The summed E-state index contributed by atoms with van der Waals surface area (Å²) < 4.78 is 19.1. The Kier molecular flexibility index (Phi) is 6.79. The van der Waals surface area contributed by atoms with Gasteiger partial charge in [0.1, 0.15) is 17.5 Å². The monoisotopic (exact) mass is 440 g/mol. The highest BCUT2D eigenvalue weighted by atomic mass is 19.1. The maximum atomic E-state index is 14.0. The summed E-state index contributed by atoms with van der Waals surface area (Å²) in [7, 11) is 1.59. The first-order valence-electron chi connectivity index (χ1n) is 11.2. The van der Waals surface area contributed by atoms with E-state index in [2.05, 4.69) is 0 Å². The van der Waals surface area contributed by atoms with E-state index in [0.717, 1.165) is 30.6 Å². The number of piperidine rings is 1. The van der Waals surface area contributed by atoms with E-state index in [1.807, 2.05) is 11.8 Å². The molecule has 1 aromatic carbocycles. The molecule has 4 rings (SSSR count). The molecule has 2 amide bonds. The Labute approximate surface area is 187 Å². The molecule has 0 N–H and O–H groups in total. The normalized spacial score (nSPS) is 18.2. The zero-order valence-electron chi connectivity index (χ0n) is 18.6. The topological polar surface area (TPSA) is 75.6 Å². The molecule has 0 unspecified atom stereocenters. The number of ether oxygens (including phenoxy) is 1. The third-order valence-corrected chi connectivity index (χ3v) is 6.32. The van der Waals surface area contributed by atoms with Gasteiger partial charge in [0.05, 0.1) is 19.4 Å². The summed E-state index contributed by atoms with van der Waals surface area (Å²) in [5.41, 5.74) is 2.22. The van der Waals surface area contributed by atoms with Crippen LogP contribution in [0.25, 0.3) is 0 Å². The minimum Gasteiger partial charge on any atom is -0.384 e. The second-order valence-electron chi connectivity index (χ2n) is 8.45. The van der Waals surface area contributed by atoms with Crippen molar-refractivity contribution in [1.82, 2.24) is 14.9 Å². The van der Waals surface area contributed by atoms with Crippen molar-refractivity contribution >= 4 is 17.6 Å². The van der Waals surface area contributed by atoms with Gasteiger partial charge < -0.3 is 9.64 Å². The fourth-order valence-electron chi connectivity index (χ4n) is 4.51. The largest absolute Gasteiger partial charge is 0.384 e. The van der Waals surface area contributed by atoms with E-state index in [1.54, 1.807) is 30.2 Å². The second kappa shape index (κ2) is 9.73. The molecule has 1 fully saturated rings. The quantitative estimate of drug-likeness (QED) is 0.662. The van der Waals surface area contributed by atoms with E-state index in [1.165, 1.54) is 6.07 Å². The van der Waals surface area contributed by atoms with Crippen LogP contribution in [-0.2, 0) is 27.2 Å². The van der Waals surface area contributed by atoms with Gasteiger partial charge in [-0.15, -0.1) is 0 Å². The van der Waals surface area contributed by atoms with Crippen LogP contribution in [0.1, 0.15) is 47.8 Å². The van der Waals surface area contributed by atoms with Crippen LogP contribution in [0.3, 0.4) is 0 Å². The standard InChI is InChI=1S/C24H29FN4O3/c1-16-19-14-22(31)29(12-9-17-6-3-4-8-20(17)25)24(19)27-23(26-16)18-7-5-11-28(15-18)21(30)10-13-32-2/h3-4,6,8,18H,5,7,9-15H2,1-2H3/t18-/m1/s1. The Morgan fingerprint density at radius 3 is 2.88 bits per heavy atom. The average Bonchev–Trinajstić information content (AvgIpc) is 3.12. The van der Waals surface area contributed by atoms with Crippen LogP contribution in [0.2, 0.25) is 0 Å². The van der Waals surface area contributed by atoms with Gasteiger partial charge in [0.15, 0.2) is 0 Å². The average molecular weight is 441 g/mol. The maximum absolute atomic E-state index is 14.0. The number of rotatable bonds is 7. The molecular weight excluding hydrogens is 411 g/mol. The number of hydrogen-bond acceptors (Lipinski definition) is 5. The van der Waals surface area contributed by atoms with Crippen molar-refractivity contribution in [3.05, 3.63) is 52.7 Å². The SMILES string of the molecule is COCCC(=O)N1CCC[C@@H](c2nc(C)c3c(n2)N(CCc2ccccc2F)C(=O)C3)C1. The number of hydrogen-bond donors (Lipinski definition) is 0. The molecule has 170 valence electrons. The van der Waals surface area contributed by atoms with Crippen LogP contribution in [0.4, 0.5) is 10.2 Å². The highest BCUT2D eigenvalue weighted by Crippen LogP contribution is 2.33. The number of halogens is 1. The predicted octanol–water partition coefficient (Wildman–Crippen LogP) is 2.80. The summed E-state index contributed by atoms with van der Waals surface area (Å²) in [6.45, 7) is 3.99. The van der Waals surface area contributed by atoms with E-state index in [0.29, 0.717) is 49.7 Å². The van der Waals surface area contributed by atoms with Gasteiger partial charge in [-0.1, -0.05) is 18.2 Å². The molecule has 1 aromatic heterocycles. The first-order valence-corrected chi connectivity index (χ1v) is 11.2. The van der Waals surface area contributed by atoms with Gasteiger partial charge in [0.25, 0.3) is 0 Å². The number of carbonyl (C=O) groups excluding carboxylic acids is 2. The van der Waals surface area contributed by atoms with Gasteiger partial charge in [-0.05, 0) is 37.8 Å². The minimum absolute atomic E-state index is 0.0309. The number of aromatic nitrogens is 2. The Balaban J connectivity index is 1.53. The lowest BCUT2D eigenvalue weighted by molar-refractivity contribution is -0.133. The lowest BCUT2D eigenvalue weighted by Gasteiger charge is -2.32. The zero-order valence-corrected chi connectivity index (χ0v) is 18.6. The number of amides is 2. The van der Waals surface area contributed by atoms with Crippen molar-refractivity contribution in [3.8, 4) is 0 Å². The van der Waals surface area contributed by atoms with Crippen LogP contribution in [0.15, 0.2) is 24.3 Å². The number of methoxy groups -OCH3 is 1. The van der Waals surface area contributed by atoms with Crippen LogP contribution in [0, 0.1) is 12.7 Å². The van der Waals surface area contributed by atoms with Gasteiger partial charge in [0, 0.05) is 43.9 Å². The van der Waals surface area contributed by atoms with Crippen LogP contribution >= 0.6 is 0 Å². The molecule has 0 saturated carbocycles. The predicted molar refractivity (Wildman–Crippen MR) is 118 cm³/mol. The molecular formula is C24H29FN4O3. The number of anilines is 1. The van der Waals surface area contributed by atoms with Crippen LogP contribution in [0.5, 0.6) is 0 Å². The minimum atomic E-state index is -0.264. The molecule has 7 nitrogen and oxygen atoms in total. The van der Waals surface area contributed by atoms with Crippen molar-refractivity contribution in [2.75, 3.05) is 38.3 Å². The molecule has 0 bridgehead atoms. The number of carbonyl (C=O) groups is 2. The van der Waals surface area contributed by atoms with Crippen molar-refractivity contribution < 1.29 is 18.7 Å². The molecule has 2 aromatic rings. The Morgan fingerprint density at radius 2 is 2.09 bits per heavy atom. The Morgan fingerprint density at radius 1 is 1.28 bits per heavy atom. The number of fused-ring (bicyclic) bond motifs is 1. The summed E-state index contributed by atoms with van der Waals surface area (Å²) in [6, 6.07) is 6.63. The number of nitrogens with zero attached hydrogens (tertiary/aromatic N) is 4. The third-order valence-electron chi connectivity index (χ3n) is 6.32. The third kappa shape index (κ3) is 4.65. The molecule has 0 radical (unpaired) electrons. The fraction of sp³-hybridized carbons (Fsp3) is 0.500. The molecule has 0 spiro atoms. The van der Waals surface area contributed by atoms with Gasteiger partial charge >= 0.3 is 0 Å². The molecule has 2 aliphatic heterocycles.